The lowest BCUT2D eigenvalue weighted by Crippen LogP contribution is -2.05. The maximum atomic E-state index is 5.38. The second kappa shape index (κ2) is 12.1. The third-order valence-corrected chi connectivity index (χ3v) is 9.95. The summed E-state index contributed by atoms with van der Waals surface area (Å²) >= 11 is 0. The molecule has 10 rings (SSSR count). The molecule has 51 heavy (non-hydrogen) atoms. The van der Waals surface area contributed by atoms with Gasteiger partial charge in [0.05, 0.1) is 33.8 Å². The standard InChI is InChI=1S/C45H34N6/c1-4-16-34(17-5-1)49-40-25-13-10-22-37(40)46-43(49)31-28-32(44-47-38-23-11-14-26-41(38)50(44)35-18-6-2-7-19-35)30-33(29-31)45-48-39-24-12-15-27-42(39)51(45)36-20-8-3-9-21-36/h1-11,13,15-23,25,27-30H,12,14,24,26H2. The van der Waals surface area contributed by atoms with Crippen molar-refractivity contribution in [3.8, 4) is 51.2 Å². The quantitative estimate of drug-likeness (QED) is 0.179. The second-order valence-corrected chi connectivity index (χ2v) is 13.2. The third-order valence-electron chi connectivity index (χ3n) is 9.95. The Bertz CT molecular complexity index is 2600. The number of allylic oxidation sites excluding steroid dienone is 2. The summed E-state index contributed by atoms with van der Waals surface area (Å²) in [5.41, 5.74) is 12.8. The lowest BCUT2D eigenvalue weighted by Gasteiger charge is -2.17. The van der Waals surface area contributed by atoms with Gasteiger partial charge in [0.25, 0.3) is 0 Å². The molecule has 244 valence electrons. The van der Waals surface area contributed by atoms with Gasteiger partial charge in [0, 0.05) is 33.8 Å². The number of fused-ring (bicyclic) bond motifs is 3. The number of benzene rings is 5. The molecule has 0 aliphatic heterocycles. The van der Waals surface area contributed by atoms with E-state index in [0.717, 1.165) is 105 Å². The van der Waals surface area contributed by atoms with E-state index in [1.807, 2.05) is 0 Å². The summed E-state index contributed by atoms with van der Waals surface area (Å²) in [7, 11) is 0. The number of aryl methyl sites for hydroxylation is 1. The van der Waals surface area contributed by atoms with Gasteiger partial charge in [-0.05, 0) is 105 Å². The Kier molecular flexibility index (Phi) is 6.98. The number of rotatable bonds is 6. The molecule has 0 N–H and O–H groups in total. The lowest BCUT2D eigenvalue weighted by molar-refractivity contribution is 0.878. The van der Waals surface area contributed by atoms with Crippen molar-refractivity contribution in [2.75, 3.05) is 0 Å². The lowest BCUT2D eigenvalue weighted by atomic mass is 10.0. The Hall–Kier alpha value is -6.53. The van der Waals surface area contributed by atoms with Gasteiger partial charge in [-0.25, -0.2) is 15.0 Å². The zero-order chi connectivity index (χ0) is 33.7. The van der Waals surface area contributed by atoms with Gasteiger partial charge in [-0.2, -0.15) is 0 Å². The molecule has 2 aliphatic carbocycles. The molecule has 3 heterocycles. The average Bonchev–Trinajstić information content (AvgIpc) is 3.91. The highest BCUT2D eigenvalue weighted by Crippen LogP contribution is 2.39. The van der Waals surface area contributed by atoms with Crippen LogP contribution in [0.3, 0.4) is 0 Å². The van der Waals surface area contributed by atoms with Gasteiger partial charge < -0.3 is 0 Å². The molecule has 0 spiro atoms. The van der Waals surface area contributed by atoms with Crippen molar-refractivity contribution in [1.82, 2.24) is 28.7 Å². The molecule has 8 aromatic rings. The highest BCUT2D eigenvalue weighted by molar-refractivity contribution is 5.86. The first-order valence-electron chi connectivity index (χ1n) is 17.7. The van der Waals surface area contributed by atoms with Crippen molar-refractivity contribution < 1.29 is 0 Å². The predicted octanol–water partition coefficient (Wildman–Crippen LogP) is 10.3. The molecule has 5 aromatic carbocycles. The molecule has 0 fully saturated rings. The van der Waals surface area contributed by atoms with Crippen molar-refractivity contribution in [1.29, 1.82) is 0 Å². The number of aromatic nitrogens is 6. The van der Waals surface area contributed by atoms with Gasteiger partial charge in [-0.15, -0.1) is 0 Å². The van der Waals surface area contributed by atoms with E-state index in [0.29, 0.717) is 0 Å². The smallest absolute Gasteiger partial charge is 0.145 e. The first-order valence-corrected chi connectivity index (χ1v) is 17.7. The molecular formula is C45H34N6. The van der Waals surface area contributed by atoms with E-state index in [-0.39, 0.29) is 0 Å². The summed E-state index contributed by atoms with van der Waals surface area (Å²) in [6, 6.07) is 46.9. The van der Waals surface area contributed by atoms with E-state index < -0.39 is 0 Å². The van der Waals surface area contributed by atoms with Crippen LogP contribution in [0, 0.1) is 0 Å². The summed E-state index contributed by atoms with van der Waals surface area (Å²) in [6.45, 7) is 0. The van der Waals surface area contributed by atoms with E-state index in [2.05, 4.69) is 171 Å². The zero-order valence-electron chi connectivity index (χ0n) is 28.0. The van der Waals surface area contributed by atoms with Crippen LogP contribution in [0.5, 0.6) is 0 Å². The van der Waals surface area contributed by atoms with Crippen LogP contribution < -0.4 is 0 Å². The first kappa shape index (κ1) is 29.4. The number of nitrogens with zero attached hydrogens (tertiary/aromatic N) is 6. The van der Waals surface area contributed by atoms with Crippen molar-refractivity contribution in [2.24, 2.45) is 0 Å². The fraction of sp³-hybridized carbons (Fsp3) is 0.0889. The van der Waals surface area contributed by atoms with Crippen LogP contribution in [0.25, 0.3) is 74.4 Å². The summed E-state index contributed by atoms with van der Waals surface area (Å²) in [5.74, 6) is 2.69. The number of hydrogen-bond donors (Lipinski definition) is 0. The van der Waals surface area contributed by atoms with Gasteiger partial charge >= 0.3 is 0 Å². The van der Waals surface area contributed by atoms with E-state index in [4.69, 9.17) is 15.0 Å². The largest absolute Gasteiger partial charge is 0.296 e. The van der Waals surface area contributed by atoms with E-state index in [1.54, 1.807) is 0 Å². The van der Waals surface area contributed by atoms with Crippen LogP contribution in [0.1, 0.15) is 35.6 Å². The Morgan fingerprint density at radius 2 is 0.980 bits per heavy atom. The van der Waals surface area contributed by atoms with E-state index >= 15 is 0 Å². The Labute approximate surface area is 296 Å². The monoisotopic (exact) mass is 658 g/mol. The van der Waals surface area contributed by atoms with Crippen molar-refractivity contribution in [2.45, 2.75) is 25.7 Å². The molecule has 6 nitrogen and oxygen atoms in total. The Morgan fingerprint density at radius 1 is 0.451 bits per heavy atom. The third kappa shape index (κ3) is 4.98. The van der Waals surface area contributed by atoms with Crippen molar-refractivity contribution in [3.63, 3.8) is 0 Å². The minimum absolute atomic E-state index is 0.871. The molecule has 0 radical (unpaired) electrons. The van der Waals surface area contributed by atoms with Crippen LogP contribution >= 0.6 is 0 Å². The maximum absolute atomic E-state index is 5.38. The maximum Gasteiger partial charge on any atom is 0.145 e. The minimum Gasteiger partial charge on any atom is -0.296 e. The number of para-hydroxylation sites is 5. The zero-order valence-corrected chi connectivity index (χ0v) is 28.0. The molecule has 0 amide bonds. The average molecular weight is 659 g/mol. The van der Waals surface area contributed by atoms with Crippen LogP contribution in [-0.4, -0.2) is 28.7 Å². The molecule has 0 atom stereocenters. The van der Waals surface area contributed by atoms with Gasteiger partial charge in [-0.1, -0.05) is 78.9 Å². The van der Waals surface area contributed by atoms with Crippen molar-refractivity contribution in [3.05, 3.63) is 168 Å². The normalized spacial score (nSPS) is 13.4. The van der Waals surface area contributed by atoms with Gasteiger partial charge in [0.1, 0.15) is 17.5 Å². The molecule has 0 saturated heterocycles. The highest BCUT2D eigenvalue weighted by atomic mass is 15.1. The topological polar surface area (TPSA) is 53.5 Å². The van der Waals surface area contributed by atoms with Gasteiger partial charge in [-0.3, -0.25) is 13.7 Å². The van der Waals surface area contributed by atoms with Crippen molar-refractivity contribution >= 4 is 23.2 Å². The van der Waals surface area contributed by atoms with Crippen LogP contribution in [-0.2, 0) is 12.8 Å². The molecule has 0 bridgehead atoms. The molecule has 6 heteroatoms. The van der Waals surface area contributed by atoms with E-state index in [9.17, 15) is 0 Å². The second-order valence-electron chi connectivity index (χ2n) is 13.2. The Morgan fingerprint density at radius 3 is 1.67 bits per heavy atom. The SMILES string of the molecule is C1=Cc2c(nc(-c3cc(-c4nc5c(n4-c4ccccc4)CCC=C5)cc(-c4nc5ccccc5n4-c4ccccc4)c3)n2-c2ccccc2)CC1. The Balaban J connectivity index is 1.29. The predicted molar refractivity (Wildman–Crippen MR) is 206 cm³/mol. The fourth-order valence-corrected chi connectivity index (χ4v) is 7.66. The summed E-state index contributed by atoms with van der Waals surface area (Å²) in [6.07, 6.45) is 12.7. The first-order chi connectivity index (χ1) is 25.3. The summed E-state index contributed by atoms with van der Waals surface area (Å²) < 4.78 is 6.93. The number of hydrogen-bond acceptors (Lipinski definition) is 3. The van der Waals surface area contributed by atoms with Gasteiger partial charge in [0.2, 0.25) is 0 Å². The van der Waals surface area contributed by atoms with Gasteiger partial charge in [0.15, 0.2) is 0 Å². The fourth-order valence-electron chi connectivity index (χ4n) is 7.66. The summed E-state index contributed by atoms with van der Waals surface area (Å²) in [5, 5.41) is 0. The molecule has 0 saturated carbocycles. The minimum atomic E-state index is 0.871. The van der Waals surface area contributed by atoms with Crippen LogP contribution in [0.2, 0.25) is 0 Å². The van der Waals surface area contributed by atoms with Crippen LogP contribution in [0.4, 0.5) is 0 Å². The van der Waals surface area contributed by atoms with E-state index in [1.165, 1.54) is 5.69 Å². The molecule has 0 unspecified atom stereocenters. The van der Waals surface area contributed by atoms with Crippen LogP contribution in [0.15, 0.2) is 146 Å². The summed E-state index contributed by atoms with van der Waals surface area (Å²) in [4.78, 5) is 16.0. The molecular weight excluding hydrogens is 625 g/mol. The molecule has 2 aliphatic rings. The number of imidazole rings is 3. The molecule has 3 aromatic heterocycles. The highest BCUT2D eigenvalue weighted by Gasteiger charge is 2.25.